The van der Waals surface area contributed by atoms with E-state index in [2.05, 4.69) is 5.32 Å². The Kier molecular flexibility index (Phi) is 3.65. The Morgan fingerprint density at radius 3 is 2.38 bits per heavy atom. The van der Waals surface area contributed by atoms with Crippen LogP contribution in [-0.4, -0.2) is 63.9 Å². The Morgan fingerprint density at radius 1 is 1.33 bits per heavy atom. The number of carboxylic acid groups (broad SMARTS) is 1. The molecule has 8 nitrogen and oxygen atoms in total. The number of urea groups is 1. The van der Waals surface area contributed by atoms with E-state index in [1.807, 2.05) is 0 Å². The molecule has 0 aromatic heterocycles. The molecular weight excluding hydrogens is 278 g/mol. The van der Waals surface area contributed by atoms with Crippen molar-refractivity contribution < 1.29 is 24.3 Å². The summed E-state index contributed by atoms with van der Waals surface area (Å²) in [6.07, 6.45) is 0. The van der Waals surface area contributed by atoms with Gasteiger partial charge < -0.3 is 15.3 Å². The van der Waals surface area contributed by atoms with Gasteiger partial charge in [0, 0.05) is 13.1 Å². The van der Waals surface area contributed by atoms with Crippen LogP contribution in [0.1, 0.15) is 20.8 Å². The molecule has 2 saturated heterocycles. The van der Waals surface area contributed by atoms with E-state index in [1.165, 1.54) is 4.90 Å². The first-order valence-corrected chi connectivity index (χ1v) is 6.78. The molecular formula is C13H19N3O5. The van der Waals surface area contributed by atoms with Gasteiger partial charge in [-0.3, -0.25) is 19.3 Å². The van der Waals surface area contributed by atoms with Gasteiger partial charge >= 0.3 is 12.0 Å². The molecule has 0 aromatic carbocycles. The fraction of sp³-hybridized carbons (Fsp3) is 0.692. The molecule has 4 amide bonds. The number of carboxylic acids is 1. The predicted octanol–water partition coefficient (Wildman–Crippen LogP) is -0.504. The summed E-state index contributed by atoms with van der Waals surface area (Å²) >= 11 is 0. The van der Waals surface area contributed by atoms with E-state index < -0.39 is 35.3 Å². The third-order valence-corrected chi connectivity index (χ3v) is 4.02. The monoisotopic (exact) mass is 297 g/mol. The van der Waals surface area contributed by atoms with E-state index >= 15 is 0 Å². The molecule has 2 aliphatic heterocycles. The molecule has 116 valence electrons. The van der Waals surface area contributed by atoms with Crippen LogP contribution in [0.5, 0.6) is 0 Å². The minimum absolute atomic E-state index is 0.113. The molecule has 2 unspecified atom stereocenters. The second-order valence-corrected chi connectivity index (χ2v) is 6.17. The van der Waals surface area contributed by atoms with Gasteiger partial charge in [-0.25, -0.2) is 4.79 Å². The van der Waals surface area contributed by atoms with Gasteiger partial charge in [0.25, 0.3) is 5.91 Å². The molecule has 0 spiro atoms. The maximum atomic E-state index is 12.2. The molecule has 0 aromatic rings. The maximum absolute atomic E-state index is 12.2. The average molecular weight is 297 g/mol. The summed E-state index contributed by atoms with van der Waals surface area (Å²) in [6.45, 7) is 4.98. The Bertz CT molecular complexity index is 516. The molecule has 8 heteroatoms. The van der Waals surface area contributed by atoms with E-state index in [4.69, 9.17) is 5.11 Å². The second-order valence-electron chi connectivity index (χ2n) is 6.17. The molecule has 2 fully saturated rings. The van der Waals surface area contributed by atoms with Crippen LogP contribution in [0.3, 0.4) is 0 Å². The standard InChI is InChI=1S/C13H19N3O5/c1-7-4-15(5-8(7)10(18)19)9(17)6-16-11(20)13(2,3)14-12(16)21/h7-8H,4-6H2,1-3H3,(H,14,21)(H,18,19). The van der Waals surface area contributed by atoms with Crippen LogP contribution in [0.15, 0.2) is 0 Å². The molecule has 2 rings (SSSR count). The van der Waals surface area contributed by atoms with Gasteiger partial charge in [-0.05, 0) is 19.8 Å². The average Bonchev–Trinajstić information content (AvgIpc) is 2.83. The highest BCUT2D eigenvalue weighted by molar-refractivity contribution is 6.08. The van der Waals surface area contributed by atoms with Crippen LogP contribution in [0.4, 0.5) is 4.79 Å². The first kappa shape index (κ1) is 15.3. The molecule has 2 atom stereocenters. The number of carbonyl (C=O) groups is 4. The Labute approximate surface area is 122 Å². The van der Waals surface area contributed by atoms with Crippen LogP contribution < -0.4 is 5.32 Å². The van der Waals surface area contributed by atoms with Gasteiger partial charge in [0.15, 0.2) is 0 Å². The van der Waals surface area contributed by atoms with Crippen molar-refractivity contribution in [2.75, 3.05) is 19.6 Å². The van der Waals surface area contributed by atoms with Gasteiger partial charge in [-0.2, -0.15) is 0 Å². The van der Waals surface area contributed by atoms with Gasteiger partial charge in [-0.1, -0.05) is 6.92 Å². The lowest BCUT2D eigenvalue weighted by Crippen LogP contribution is -2.44. The summed E-state index contributed by atoms with van der Waals surface area (Å²) < 4.78 is 0. The predicted molar refractivity (Wildman–Crippen MR) is 71.2 cm³/mol. The zero-order valence-corrected chi connectivity index (χ0v) is 12.3. The minimum atomic E-state index is -1.01. The summed E-state index contributed by atoms with van der Waals surface area (Å²) in [7, 11) is 0. The Balaban J connectivity index is 2.02. The third-order valence-electron chi connectivity index (χ3n) is 4.02. The summed E-state index contributed by atoms with van der Waals surface area (Å²) in [5.41, 5.74) is -1.01. The zero-order chi connectivity index (χ0) is 15.9. The van der Waals surface area contributed by atoms with E-state index in [0.29, 0.717) is 6.54 Å². The van der Waals surface area contributed by atoms with Crippen LogP contribution in [0, 0.1) is 11.8 Å². The molecule has 0 saturated carbocycles. The number of amides is 4. The van der Waals surface area contributed by atoms with Gasteiger partial charge in [-0.15, -0.1) is 0 Å². The highest BCUT2D eigenvalue weighted by atomic mass is 16.4. The van der Waals surface area contributed by atoms with Crippen molar-refractivity contribution in [3.63, 3.8) is 0 Å². The number of hydrogen-bond acceptors (Lipinski definition) is 4. The largest absolute Gasteiger partial charge is 0.481 e. The lowest BCUT2D eigenvalue weighted by atomic mass is 9.99. The van der Waals surface area contributed by atoms with E-state index in [9.17, 15) is 19.2 Å². The van der Waals surface area contributed by atoms with Crippen LogP contribution in [0.2, 0.25) is 0 Å². The maximum Gasteiger partial charge on any atom is 0.325 e. The molecule has 2 heterocycles. The quantitative estimate of drug-likeness (QED) is 0.683. The number of likely N-dealkylation sites (tertiary alicyclic amines) is 1. The Morgan fingerprint density at radius 2 is 1.95 bits per heavy atom. The number of rotatable bonds is 3. The van der Waals surface area contributed by atoms with Crippen molar-refractivity contribution in [1.82, 2.24) is 15.1 Å². The first-order chi connectivity index (χ1) is 9.63. The van der Waals surface area contributed by atoms with Crippen molar-refractivity contribution in [2.45, 2.75) is 26.3 Å². The molecule has 0 aliphatic carbocycles. The van der Waals surface area contributed by atoms with E-state index in [0.717, 1.165) is 4.90 Å². The minimum Gasteiger partial charge on any atom is -0.481 e. The molecule has 2 N–H and O–H groups in total. The van der Waals surface area contributed by atoms with Crippen molar-refractivity contribution in [3.8, 4) is 0 Å². The van der Waals surface area contributed by atoms with Gasteiger partial charge in [0.2, 0.25) is 5.91 Å². The molecule has 21 heavy (non-hydrogen) atoms. The van der Waals surface area contributed by atoms with Crippen LogP contribution in [0.25, 0.3) is 0 Å². The summed E-state index contributed by atoms with van der Waals surface area (Å²) in [6, 6.07) is -0.597. The zero-order valence-electron chi connectivity index (χ0n) is 12.3. The number of nitrogens with one attached hydrogen (secondary N) is 1. The third kappa shape index (κ3) is 2.70. The fourth-order valence-corrected chi connectivity index (χ4v) is 2.69. The van der Waals surface area contributed by atoms with Crippen molar-refractivity contribution >= 4 is 23.8 Å². The number of aliphatic carboxylic acids is 1. The number of hydrogen-bond donors (Lipinski definition) is 2. The number of imide groups is 1. The lowest BCUT2D eigenvalue weighted by molar-refractivity contribution is -0.143. The van der Waals surface area contributed by atoms with Gasteiger partial charge in [0.05, 0.1) is 5.92 Å². The smallest absolute Gasteiger partial charge is 0.325 e. The Hall–Kier alpha value is -2.12. The van der Waals surface area contributed by atoms with E-state index in [1.54, 1.807) is 20.8 Å². The topological polar surface area (TPSA) is 107 Å². The van der Waals surface area contributed by atoms with Crippen LogP contribution in [-0.2, 0) is 14.4 Å². The number of nitrogens with zero attached hydrogens (tertiary/aromatic N) is 2. The summed E-state index contributed by atoms with van der Waals surface area (Å²) in [5, 5.41) is 11.6. The SMILES string of the molecule is CC1CN(C(=O)CN2C(=O)NC(C)(C)C2=O)CC1C(=O)O. The van der Waals surface area contributed by atoms with Crippen molar-refractivity contribution in [1.29, 1.82) is 0 Å². The highest BCUT2D eigenvalue weighted by Gasteiger charge is 2.46. The molecule has 0 radical (unpaired) electrons. The number of carbonyl (C=O) groups excluding carboxylic acids is 3. The van der Waals surface area contributed by atoms with Gasteiger partial charge in [0.1, 0.15) is 12.1 Å². The fourth-order valence-electron chi connectivity index (χ4n) is 2.69. The van der Waals surface area contributed by atoms with Crippen molar-refractivity contribution in [3.05, 3.63) is 0 Å². The summed E-state index contributed by atoms with van der Waals surface area (Å²) in [5.74, 6) is -2.55. The lowest BCUT2D eigenvalue weighted by Gasteiger charge is -2.20. The second kappa shape index (κ2) is 5.01. The van der Waals surface area contributed by atoms with Crippen molar-refractivity contribution in [2.24, 2.45) is 11.8 Å². The first-order valence-electron chi connectivity index (χ1n) is 6.78. The molecule has 2 aliphatic rings. The van der Waals surface area contributed by atoms with E-state index in [-0.39, 0.29) is 19.0 Å². The normalized spacial score (nSPS) is 28.0. The highest BCUT2D eigenvalue weighted by Crippen LogP contribution is 2.24. The molecule has 0 bridgehead atoms. The summed E-state index contributed by atoms with van der Waals surface area (Å²) in [4.78, 5) is 49.2. The van der Waals surface area contributed by atoms with Crippen LogP contribution >= 0.6 is 0 Å².